The van der Waals surface area contributed by atoms with E-state index in [1.165, 1.54) is 23.5 Å². The van der Waals surface area contributed by atoms with Gasteiger partial charge in [-0.15, -0.1) is 11.3 Å². The van der Waals surface area contributed by atoms with Gasteiger partial charge in [0.15, 0.2) is 0 Å². The summed E-state index contributed by atoms with van der Waals surface area (Å²) in [4.78, 5) is 15.9. The van der Waals surface area contributed by atoms with Gasteiger partial charge in [-0.25, -0.2) is 9.37 Å². The third-order valence-corrected chi connectivity index (χ3v) is 3.25. The molecule has 0 spiro atoms. The molecule has 1 amide bonds. The minimum Gasteiger partial charge on any atom is -0.325 e. The Balaban J connectivity index is 2.13. The van der Waals surface area contributed by atoms with Crippen molar-refractivity contribution in [2.75, 3.05) is 5.32 Å². The SMILES string of the molecule is Cc1cc(NC(=O)c2csc(CN)n2)ccc1F. The number of thiazole rings is 1. The Morgan fingerprint density at radius 1 is 1.56 bits per heavy atom. The smallest absolute Gasteiger partial charge is 0.275 e. The summed E-state index contributed by atoms with van der Waals surface area (Å²) >= 11 is 1.34. The highest BCUT2D eigenvalue weighted by Gasteiger charge is 2.10. The first-order valence-electron chi connectivity index (χ1n) is 5.32. The maximum absolute atomic E-state index is 13.1. The Morgan fingerprint density at radius 3 is 2.94 bits per heavy atom. The number of carbonyl (C=O) groups excluding carboxylic acids is 1. The summed E-state index contributed by atoms with van der Waals surface area (Å²) in [5.74, 6) is -0.621. The topological polar surface area (TPSA) is 68.0 Å². The van der Waals surface area contributed by atoms with Crippen LogP contribution in [0, 0.1) is 12.7 Å². The second kappa shape index (κ2) is 5.24. The van der Waals surface area contributed by atoms with Crippen LogP contribution < -0.4 is 11.1 Å². The van der Waals surface area contributed by atoms with Crippen molar-refractivity contribution in [2.24, 2.45) is 5.73 Å². The van der Waals surface area contributed by atoms with Gasteiger partial charge < -0.3 is 11.1 Å². The van der Waals surface area contributed by atoms with Gasteiger partial charge in [-0.3, -0.25) is 4.79 Å². The number of hydrogen-bond donors (Lipinski definition) is 2. The number of nitrogens with zero attached hydrogens (tertiary/aromatic N) is 1. The molecule has 0 aliphatic carbocycles. The maximum atomic E-state index is 13.1. The Labute approximate surface area is 108 Å². The van der Waals surface area contributed by atoms with E-state index in [4.69, 9.17) is 5.73 Å². The van der Waals surface area contributed by atoms with Crippen LogP contribution in [0.5, 0.6) is 0 Å². The zero-order valence-corrected chi connectivity index (χ0v) is 10.6. The van der Waals surface area contributed by atoms with E-state index < -0.39 is 0 Å². The third-order valence-electron chi connectivity index (χ3n) is 2.37. The molecule has 1 aromatic heterocycles. The molecule has 2 rings (SSSR count). The molecule has 0 saturated heterocycles. The lowest BCUT2D eigenvalue weighted by molar-refractivity contribution is 0.102. The van der Waals surface area contributed by atoms with Crippen molar-refractivity contribution in [1.29, 1.82) is 0 Å². The van der Waals surface area contributed by atoms with Gasteiger partial charge in [0, 0.05) is 17.6 Å². The van der Waals surface area contributed by atoms with Gasteiger partial charge in [0.05, 0.1) is 0 Å². The molecule has 0 bridgehead atoms. The van der Waals surface area contributed by atoms with E-state index in [0.29, 0.717) is 28.5 Å². The largest absolute Gasteiger partial charge is 0.325 e. The summed E-state index contributed by atoms with van der Waals surface area (Å²) in [6.45, 7) is 1.95. The second-order valence-corrected chi connectivity index (χ2v) is 4.69. The highest BCUT2D eigenvalue weighted by Crippen LogP contribution is 2.15. The van der Waals surface area contributed by atoms with Crippen LogP contribution >= 0.6 is 11.3 Å². The zero-order chi connectivity index (χ0) is 13.1. The van der Waals surface area contributed by atoms with Gasteiger partial charge in [0.1, 0.15) is 16.5 Å². The molecule has 0 aliphatic heterocycles. The lowest BCUT2D eigenvalue weighted by Gasteiger charge is -2.04. The van der Waals surface area contributed by atoms with Crippen molar-refractivity contribution in [2.45, 2.75) is 13.5 Å². The number of anilines is 1. The summed E-state index contributed by atoms with van der Waals surface area (Å²) in [5, 5.41) is 5.01. The van der Waals surface area contributed by atoms with Crippen LogP contribution in [-0.4, -0.2) is 10.9 Å². The van der Waals surface area contributed by atoms with Crippen LogP contribution in [0.3, 0.4) is 0 Å². The molecule has 6 heteroatoms. The number of hydrogen-bond acceptors (Lipinski definition) is 4. The fourth-order valence-corrected chi connectivity index (χ4v) is 2.08. The molecule has 0 atom stereocenters. The van der Waals surface area contributed by atoms with Crippen LogP contribution in [0.15, 0.2) is 23.6 Å². The van der Waals surface area contributed by atoms with Gasteiger partial charge in [-0.1, -0.05) is 0 Å². The first-order chi connectivity index (χ1) is 8.60. The van der Waals surface area contributed by atoms with E-state index >= 15 is 0 Å². The van der Waals surface area contributed by atoms with Crippen molar-refractivity contribution in [3.05, 3.63) is 45.7 Å². The number of nitrogens with one attached hydrogen (secondary N) is 1. The molecule has 3 N–H and O–H groups in total. The molecule has 0 saturated carbocycles. The Hall–Kier alpha value is -1.79. The molecule has 0 unspecified atom stereocenters. The molecule has 4 nitrogen and oxygen atoms in total. The number of benzene rings is 1. The minimum atomic E-state index is -0.322. The summed E-state index contributed by atoms with van der Waals surface area (Å²) in [7, 11) is 0. The first-order valence-corrected chi connectivity index (χ1v) is 6.20. The number of rotatable bonds is 3. The molecule has 2 aromatic rings. The molecular weight excluding hydrogens is 253 g/mol. The predicted octanol–water partition coefficient (Wildman–Crippen LogP) is 2.30. The molecule has 0 aliphatic rings. The monoisotopic (exact) mass is 265 g/mol. The van der Waals surface area contributed by atoms with Gasteiger partial charge in [-0.2, -0.15) is 0 Å². The van der Waals surface area contributed by atoms with Crippen molar-refractivity contribution in [3.63, 3.8) is 0 Å². The van der Waals surface area contributed by atoms with E-state index in [1.54, 1.807) is 18.4 Å². The van der Waals surface area contributed by atoms with E-state index in [0.717, 1.165) is 0 Å². The lowest BCUT2D eigenvalue weighted by Crippen LogP contribution is -2.13. The standard InChI is InChI=1S/C12H12FN3OS/c1-7-4-8(2-3-9(7)13)15-12(17)10-6-18-11(5-14)16-10/h2-4,6H,5,14H2,1H3,(H,15,17). The average Bonchev–Trinajstić information content (AvgIpc) is 2.82. The van der Waals surface area contributed by atoms with E-state index in [-0.39, 0.29) is 11.7 Å². The van der Waals surface area contributed by atoms with E-state index in [9.17, 15) is 9.18 Å². The Bertz CT molecular complexity index is 582. The van der Waals surface area contributed by atoms with Crippen LogP contribution in [0.2, 0.25) is 0 Å². The number of nitrogens with two attached hydrogens (primary N) is 1. The van der Waals surface area contributed by atoms with Gasteiger partial charge >= 0.3 is 0 Å². The molecule has 0 fully saturated rings. The van der Waals surface area contributed by atoms with E-state index in [1.807, 2.05) is 0 Å². The van der Waals surface area contributed by atoms with Crippen molar-refractivity contribution in [1.82, 2.24) is 4.98 Å². The van der Waals surface area contributed by atoms with Gasteiger partial charge in [0.25, 0.3) is 5.91 Å². The number of aryl methyl sites for hydroxylation is 1. The molecular formula is C12H12FN3OS. The summed E-state index contributed by atoms with van der Waals surface area (Å²) in [6.07, 6.45) is 0. The summed E-state index contributed by atoms with van der Waals surface area (Å²) in [6, 6.07) is 4.40. The lowest BCUT2D eigenvalue weighted by atomic mass is 10.2. The quantitative estimate of drug-likeness (QED) is 0.894. The third kappa shape index (κ3) is 2.72. The normalized spacial score (nSPS) is 10.4. The van der Waals surface area contributed by atoms with Gasteiger partial charge in [0.2, 0.25) is 0 Å². The maximum Gasteiger partial charge on any atom is 0.275 e. The minimum absolute atomic E-state index is 0.299. The van der Waals surface area contributed by atoms with Crippen LogP contribution in [0.4, 0.5) is 10.1 Å². The molecule has 1 heterocycles. The highest BCUT2D eigenvalue weighted by molar-refractivity contribution is 7.09. The summed E-state index contributed by atoms with van der Waals surface area (Å²) in [5.41, 5.74) is 6.77. The average molecular weight is 265 g/mol. The molecule has 0 radical (unpaired) electrons. The zero-order valence-electron chi connectivity index (χ0n) is 9.74. The van der Waals surface area contributed by atoms with Crippen LogP contribution in [0.25, 0.3) is 0 Å². The van der Waals surface area contributed by atoms with Crippen molar-refractivity contribution >= 4 is 22.9 Å². The van der Waals surface area contributed by atoms with Crippen molar-refractivity contribution in [3.8, 4) is 0 Å². The predicted molar refractivity (Wildman–Crippen MR) is 69.1 cm³/mol. The fraction of sp³-hybridized carbons (Fsp3) is 0.167. The second-order valence-electron chi connectivity index (χ2n) is 3.75. The highest BCUT2D eigenvalue weighted by atomic mass is 32.1. The van der Waals surface area contributed by atoms with E-state index in [2.05, 4.69) is 10.3 Å². The number of halogens is 1. The molecule has 94 valence electrons. The number of amides is 1. The molecule has 18 heavy (non-hydrogen) atoms. The molecule has 1 aromatic carbocycles. The van der Waals surface area contributed by atoms with Crippen molar-refractivity contribution < 1.29 is 9.18 Å². The Kier molecular flexibility index (Phi) is 3.69. The summed E-state index contributed by atoms with van der Waals surface area (Å²) < 4.78 is 13.1. The van der Waals surface area contributed by atoms with Gasteiger partial charge in [-0.05, 0) is 30.7 Å². The first kappa shape index (κ1) is 12.7. The fourth-order valence-electron chi connectivity index (χ4n) is 1.43. The Morgan fingerprint density at radius 2 is 2.33 bits per heavy atom. The number of carbonyl (C=O) groups is 1. The van der Waals surface area contributed by atoms with Crippen LogP contribution in [-0.2, 0) is 6.54 Å². The number of aromatic nitrogens is 1. The van der Waals surface area contributed by atoms with Crippen LogP contribution in [0.1, 0.15) is 21.1 Å².